The lowest BCUT2D eigenvalue weighted by Gasteiger charge is -2.13. The molecule has 0 amide bonds. The van der Waals surface area contributed by atoms with Crippen LogP contribution in [0.5, 0.6) is 11.5 Å². The molecule has 1 saturated carbocycles. The second-order valence-corrected chi connectivity index (χ2v) is 7.58. The topological polar surface area (TPSA) is 83.7 Å². The minimum absolute atomic E-state index is 0.0811. The van der Waals surface area contributed by atoms with Gasteiger partial charge in [-0.1, -0.05) is 50.1 Å². The van der Waals surface area contributed by atoms with Gasteiger partial charge in [0.1, 0.15) is 17.6 Å². The molecule has 6 nitrogen and oxygen atoms in total. The lowest BCUT2D eigenvalue weighted by Crippen LogP contribution is -2.15. The third kappa shape index (κ3) is 4.79. The van der Waals surface area contributed by atoms with E-state index >= 15 is 0 Å². The Bertz CT molecular complexity index is 1000. The Hall–Kier alpha value is -3.77. The number of nitrogens with one attached hydrogen (secondary N) is 1. The first-order valence-corrected chi connectivity index (χ1v) is 9.60. The number of hydrogen-bond acceptors (Lipinski definition) is 6. The number of carbonyl (C=O) groups excluding carboxylic acids is 1. The maximum atomic E-state index is 12.7. The predicted octanol–water partition coefficient (Wildman–Crippen LogP) is 4.07. The zero-order chi connectivity index (χ0) is 21.6. The van der Waals surface area contributed by atoms with Gasteiger partial charge < -0.3 is 9.47 Å². The van der Waals surface area contributed by atoms with Crippen LogP contribution >= 0.6 is 0 Å². The van der Waals surface area contributed by atoms with Crippen LogP contribution in [-0.2, 0) is 9.53 Å². The number of rotatable bonds is 8. The molecule has 152 valence electrons. The summed E-state index contributed by atoms with van der Waals surface area (Å²) in [4.78, 5) is 12.7. The van der Waals surface area contributed by atoms with Crippen molar-refractivity contribution in [2.24, 2.45) is 22.4 Å². The molecular formula is C24H23N3O3. The van der Waals surface area contributed by atoms with E-state index in [4.69, 9.17) is 15.9 Å². The van der Waals surface area contributed by atoms with Gasteiger partial charge in [-0.25, -0.2) is 0 Å². The van der Waals surface area contributed by atoms with Crippen LogP contribution in [0.4, 0.5) is 0 Å². The third-order valence-electron chi connectivity index (χ3n) is 5.16. The monoisotopic (exact) mass is 401 g/mol. The summed E-state index contributed by atoms with van der Waals surface area (Å²) in [5, 5.41) is 13.6. The quantitative estimate of drug-likeness (QED) is 0.237. The average Bonchev–Trinajstić information content (AvgIpc) is 3.30. The molecule has 1 N–H and O–H groups in total. The fourth-order valence-corrected chi connectivity index (χ4v) is 3.35. The summed E-state index contributed by atoms with van der Waals surface area (Å²) in [7, 11) is 0. The number of nitriles is 1. The molecule has 0 saturated heterocycles. The minimum atomic E-state index is -1.02. The first-order chi connectivity index (χ1) is 14.5. The number of esters is 1. The molecule has 0 radical (unpaired) electrons. The van der Waals surface area contributed by atoms with Crippen LogP contribution in [0.15, 0.2) is 59.7 Å². The summed E-state index contributed by atoms with van der Waals surface area (Å²) < 4.78 is 11.3. The Morgan fingerprint density at radius 1 is 1.27 bits per heavy atom. The Kier molecular flexibility index (Phi) is 6.39. The van der Waals surface area contributed by atoms with Gasteiger partial charge in [0.2, 0.25) is 6.10 Å². The van der Waals surface area contributed by atoms with Gasteiger partial charge in [0.15, 0.2) is 0 Å². The molecule has 3 atom stereocenters. The molecule has 1 aliphatic carbocycles. The van der Waals surface area contributed by atoms with E-state index in [2.05, 4.69) is 22.5 Å². The van der Waals surface area contributed by atoms with E-state index in [1.807, 2.05) is 44.2 Å². The van der Waals surface area contributed by atoms with Gasteiger partial charge in [0.05, 0.1) is 12.5 Å². The molecule has 0 heterocycles. The normalized spacial score (nSPS) is 19.9. The number of hydrogen-bond donors (Lipinski definition) is 1. The number of terminal acetylenes is 1. The third-order valence-corrected chi connectivity index (χ3v) is 5.16. The van der Waals surface area contributed by atoms with Gasteiger partial charge in [0, 0.05) is 17.7 Å². The van der Waals surface area contributed by atoms with Crippen molar-refractivity contribution in [3.63, 3.8) is 0 Å². The van der Waals surface area contributed by atoms with Gasteiger partial charge in [0.25, 0.3) is 0 Å². The lowest BCUT2D eigenvalue weighted by molar-refractivity contribution is -0.149. The number of carbonyl (C=O) groups is 1. The van der Waals surface area contributed by atoms with Gasteiger partial charge in [-0.2, -0.15) is 10.4 Å². The van der Waals surface area contributed by atoms with Crippen molar-refractivity contribution < 1.29 is 14.3 Å². The van der Waals surface area contributed by atoms with Crippen LogP contribution in [-0.4, -0.2) is 18.7 Å². The highest BCUT2D eigenvalue weighted by atomic mass is 16.5. The van der Waals surface area contributed by atoms with Gasteiger partial charge >= 0.3 is 5.97 Å². The lowest BCUT2D eigenvalue weighted by atomic mass is 10.1. The molecule has 30 heavy (non-hydrogen) atoms. The van der Waals surface area contributed by atoms with Crippen LogP contribution in [0.1, 0.15) is 25.5 Å². The summed E-state index contributed by atoms with van der Waals surface area (Å²) in [6.45, 7) is 4.25. The highest BCUT2D eigenvalue weighted by Gasteiger charge is 2.62. The SMILES string of the molecule is C#CCNN=CC1C(C(=O)OC(C#N)c2cccc(Oc3ccccc3)c2)C1(C)C. The predicted molar refractivity (Wildman–Crippen MR) is 113 cm³/mol. The molecule has 1 fully saturated rings. The fourth-order valence-electron chi connectivity index (χ4n) is 3.35. The first-order valence-electron chi connectivity index (χ1n) is 9.60. The molecule has 0 bridgehead atoms. The second-order valence-electron chi connectivity index (χ2n) is 7.58. The molecule has 1 aliphatic rings. The zero-order valence-corrected chi connectivity index (χ0v) is 16.9. The molecule has 3 unspecified atom stereocenters. The standard InChI is InChI=1S/C24H23N3O3/c1-4-13-26-27-16-20-22(24(20,2)3)23(28)30-21(15-25)17-9-8-12-19(14-17)29-18-10-6-5-7-11-18/h1,5-12,14,16,20-22,26H,13H2,2-3H3. The molecule has 2 aromatic rings. The number of ether oxygens (including phenoxy) is 2. The number of benzene rings is 2. The molecule has 0 spiro atoms. The average molecular weight is 401 g/mol. The van der Waals surface area contributed by atoms with Crippen LogP contribution < -0.4 is 10.2 Å². The first kappa shape index (κ1) is 21.0. The molecule has 6 heteroatoms. The van der Waals surface area contributed by atoms with Gasteiger partial charge in [-0.15, -0.1) is 6.42 Å². The van der Waals surface area contributed by atoms with Crippen molar-refractivity contribution in [1.82, 2.24) is 5.43 Å². The maximum Gasteiger partial charge on any atom is 0.311 e. The van der Waals surface area contributed by atoms with Crippen LogP contribution in [0.2, 0.25) is 0 Å². The van der Waals surface area contributed by atoms with Gasteiger partial charge in [-0.3, -0.25) is 10.2 Å². The smallest absolute Gasteiger partial charge is 0.311 e. The Morgan fingerprint density at radius 2 is 2.00 bits per heavy atom. The molecule has 2 aromatic carbocycles. The summed E-state index contributed by atoms with van der Waals surface area (Å²) in [6.07, 6.45) is 5.83. The maximum absolute atomic E-state index is 12.7. The van der Waals surface area contributed by atoms with Gasteiger partial charge in [-0.05, 0) is 29.7 Å². The number of hydrazone groups is 1. The molecule has 0 aliphatic heterocycles. The largest absolute Gasteiger partial charge is 0.457 e. The molecular weight excluding hydrogens is 378 g/mol. The van der Waals surface area contributed by atoms with Crippen molar-refractivity contribution in [1.29, 1.82) is 5.26 Å². The highest BCUT2D eigenvalue weighted by Crippen LogP contribution is 2.58. The van der Waals surface area contributed by atoms with Crippen molar-refractivity contribution in [3.8, 4) is 29.9 Å². The Morgan fingerprint density at radius 3 is 2.70 bits per heavy atom. The molecule has 0 aromatic heterocycles. The minimum Gasteiger partial charge on any atom is -0.457 e. The summed E-state index contributed by atoms with van der Waals surface area (Å²) in [5.74, 6) is 2.80. The summed E-state index contributed by atoms with van der Waals surface area (Å²) >= 11 is 0. The van der Waals surface area contributed by atoms with E-state index in [9.17, 15) is 10.1 Å². The Balaban J connectivity index is 1.66. The van der Waals surface area contributed by atoms with E-state index in [0.717, 1.165) is 0 Å². The highest BCUT2D eigenvalue weighted by molar-refractivity contribution is 5.85. The summed E-state index contributed by atoms with van der Waals surface area (Å²) in [5.41, 5.74) is 2.98. The van der Waals surface area contributed by atoms with E-state index < -0.39 is 12.1 Å². The van der Waals surface area contributed by atoms with E-state index in [-0.39, 0.29) is 17.3 Å². The van der Waals surface area contributed by atoms with Crippen LogP contribution in [0, 0.1) is 40.9 Å². The van der Waals surface area contributed by atoms with Crippen LogP contribution in [0.25, 0.3) is 0 Å². The van der Waals surface area contributed by atoms with E-state index in [1.165, 1.54) is 0 Å². The fraction of sp³-hybridized carbons (Fsp3) is 0.292. The van der Waals surface area contributed by atoms with Crippen molar-refractivity contribution in [2.75, 3.05) is 6.54 Å². The van der Waals surface area contributed by atoms with Crippen molar-refractivity contribution in [2.45, 2.75) is 20.0 Å². The number of nitrogens with zero attached hydrogens (tertiary/aromatic N) is 2. The molecule has 3 rings (SSSR count). The zero-order valence-electron chi connectivity index (χ0n) is 16.9. The van der Waals surface area contributed by atoms with Crippen molar-refractivity contribution in [3.05, 3.63) is 60.2 Å². The number of para-hydroxylation sites is 1. The van der Waals surface area contributed by atoms with E-state index in [0.29, 0.717) is 23.6 Å². The Labute approximate surface area is 176 Å². The van der Waals surface area contributed by atoms with Crippen LogP contribution in [0.3, 0.4) is 0 Å². The van der Waals surface area contributed by atoms with Crippen molar-refractivity contribution >= 4 is 12.2 Å². The summed E-state index contributed by atoms with van der Waals surface area (Å²) in [6, 6.07) is 18.4. The second kappa shape index (κ2) is 9.15. The van der Waals surface area contributed by atoms with E-state index in [1.54, 1.807) is 30.5 Å².